The predicted octanol–water partition coefficient (Wildman–Crippen LogP) is 5.90. The molecule has 2 N–H and O–H groups in total. The molecule has 2 fully saturated rings. The monoisotopic (exact) mass is 457 g/mol. The second-order valence-corrected chi connectivity index (χ2v) is 10.9. The number of nitrogens with zero attached hydrogens (tertiary/aromatic N) is 4. The van der Waals surface area contributed by atoms with E-state index in [1.165, 1.54) is 47.5 Å². The van der Waals surface area contributed by atoms with Gasteiger partial charge < -0.3 is 10.6 Å². The van der Waals surface area contributed by atoms with Crippen molar-refractivity contribution in [3.8, 4) is 6.07 Å². The van der Waals surface area contributed by atoms with Crippen LogP contribution in [0.5, 0.6) is 0 Å². The molecule has 1 saturated heterocycles. The third-order valence-electron chi connectivity index (χ3n) is 9.03. The Hall–Kier alpha value is -2.61. The van der Waals surface area contributed by atoms with Crippen molar-refractivity contribution in [1.29, 1.82) is 5.26 Å². The van der Waals surface area contributed by atoms with Crippen LogP contribution in [0.2, 0.25) is 0 Å². The molecular weight excluding hydrogens is 418 g/mol. The van der Waals surface area contributed by atoms with Crippen molar-refractivity contribution in [2.75, 3.05) is 17.2 Å². The van der Waals surface area contributed by atoms with E-state index in [2.05, 4.69) is 44.7 Å². The van der Waals surface area contributed by atoms with Crippen molar-refractivity contribution in [3.63, 3.8) is 0 Å². The van der Waals surface area contributed by atoms with Gasteiger partial charge in [0.2, 0.25) is 0 Å². The van der Waals surface area contributed by atoms with Gasteiger partial charge in [0.05, 0.1) is 11.3 Å². The average Bonchev–Trinajstić information content (AvgIpc) is 3.18. The van der Waals surface area contributed by atoms with Crippen molar-refractivity contribution < 1.29 is 0 Å². The Morgan fingerprint density at radius 1 is 1.21 bits per heavy atom. The summed E-state index contributed by atoms with van der Waals surface area (Å²) in [7, 11) is 0. The molecule has 0 spiro atoms. The maximum Gasteiger partial charge on any atom is 0.136 e. The molecule has 4 unspecified atom stereocenters. The van der Waals surface area contributed by atoms with Crippen LogP contribution in [0.25, 0.3) is 0 Å². The summed E-state index contributed by atoms with van der Waals surface area (Å²) in [6.07, 6.45) is 8.77. The Kier molecular flexibility index (Phi) is 6.27. The van der Waals surface area contributed by atoms with E-state index >= 15 is 0 Å². The third-order valence-corrected chi connectivity index (χ3v) is 9.03. The first-order chi connectivity index (χ1) is 16.5. The molecule has 1 saturated carbocycles. The van der Waals surface area contributed by atoms with Gasteiger partial charge in [0.1, 0.15) is 17.7 Å². The lowest BCUT2D eigenvalue weighted by atomic mass is 9.76. The number of rotatable bonds is 6. The highest BCUT2D eigenvalue weighted by atomic mass is 15.3. The summed E-state index contributed by atoms with van der Waals surface area (Å²) in [5, 5.41) is 10.0. The Bertz CT molecular complexity index is 1120. The van der Waals surface area contributed by atoms with Gasteiger partial charge in [0, 0.05) is 30.3 Å². The van der Waals surface area contributed by atoms with Crippen molar-refractivity contribution in [2.24, 2.45) is 11.8 Å². The number of nitriles is 1. The van der Waals surface area contributed by atoms with Crippen LogP contribution in [0.15, 0.2) is 12.1 Å². The van der Waals surface area contributed by atoms with Gasteiger partial charge in [-0.15, -0.1) is 0 Å². The first-order valence-corrected chi connectivity index (χ1v) is 13.5. The zero-order valence-electron chi connectivity index (χ0n) is 21.3. The number of benzene rings is 1. The fraction of sp³-hybridized carbons (Fsp3) is 0.621. The molecule has 2 aromatic rings. The molecule has 5 nitrogen and oxygen atoms in total. The Labute approximate surface area is 204 Å². The molecule has 34 heavy (non-hydrogen) atoms. The lowest BCUT2D eigenvalue weighted by Crippen LogP contribution is -2.54. The smallest absolute Gasteiger partial charge is 0.136 e. The lowest BCUT2D eigenvalue weighted by molar-refractivity contribution is 0.333. The number of fused-ring (bicyclic) bond motifs is 2. The van der Waals surface area contributed by atoms with E-state index in [1.54, 1.807) is 0 Å². The van der Waals surface area contributed by atoms with Gasteiger partial charge in [-0.3, -0.25) is 0 Å². The second kappa shape index (κ2) is 9.21. The van der Waals surface area contributed by atoms with Crippen LogP contribution in [0, 0.1) is 23.2 Å². The van der Waals surface area contributed by atoms with Gasteiger partial charge in [-0.1, -0.05) is 40.2 Å². The maximum absolute atomic E-state index is 10.0. The number of nitrogen functional groups attached to an aromatic ring is 1. The number of nitrogens with two attached hydrogens (primary N) is 1. The molecule has 1 aromatic heterocycles. The zero-order chi connectivity index (χ0) is 24.0. The van der Waals surface area contributed by atoms with Gasteiger partial charge >= 0.3 is 0 Å². The minimum Gasteiger partial charge on any atom is -0.398 e. The van der Waals surface area contributed by atoms with Crippen LogP contribution in [0.3, 0.4) is 0 Å². The molecular formula is C29H39N5. The summed E-state index contributed by atoms with van der Waals surface area (Å²) in [6, 6.07) is 7.19. The number of hydrogen-bond donors (Lipinski definition) is 1. The highest BCUT2D eigenvalue weighted by molar-refractivity contribution is 5.63. The number of aryl methyl sites for hydroxylation is 1. The third kappa shape index (κ3) is 3.76. The minimum atomic E-state index is 0.280. The largest absolute Gasteiger partial charge is 0.398 e. The number of anilines is 2. The predicted molar refractivity (Wildman–Crippen MR) is 138 cm³/mol. The number of hydrogen-bond acceptors (Lipinski definition) is 5. The van der Waals surface area contributed by atoms with Crippen molar-refractivity contribution in [2.45, 2.75) is 96.9 Å². The van der Waals surface area contributed by atoms with E-state index in [9.17, 15) is 5.26 Å². The topological polar surface area (TPSA) is 78.8 Å². The molecule has 5 rings (SSSR count). The molecule has 5 heteroatoms. The molecule has 2 aliphatic carbocycles. The van der Waals surface area contributed by atoms with Crippen LogP contribution in [-0.4, -0.2) is 22.6 Å². The van der Waals surface area contributed by atoms with Gasteiger partial charge in [0.15, 0.2) is 0 Å². The molecule has 0 bridgehead atoms. The van der Waals surface area contributed by atoms with Crippen LogP contribution in [0.1, 0.15) is 105 Å². The van der Waals surface area contributed by atoms with E-state index < -0.39 is 0 Å². The molecule has 1 aromatic carbocycles. The van der Waals surface area contributed by atoms with Crippen LogP contribution in [0.4, 0.5) is 11.5 Å². The molecule has 180 valence electrons. The maximum atomic E-state index is 10.0. The van der Waals surface area contributed by atoms with Crippen molar-refractivity contribution in [3.05, 3.63) is 45.9 Å². The normalized spacial score (nSPS) is 26.4. The van der Waals surface area contributed by atoms with Crippen LogP contribution < -0.4 is 10.6 Å². The Morgan fingerprint density at radius 2 is 2.03 bits per heavy atom. The van der Waals surface area contributed by atoms with E-state index in [1.807, 2.05) is 6.07 Å². The minimum absolute atomic E-state index is 0.280. The van der Waals surface area contributed by atoms with Crippen LogP contribution >= 0.6 is 0 Å². The summed E-state index contributed by atoms with van der Waals surface area (Å²) in [4.78, 5) is 12.7. The molecule has 0 amide bonds. The quantitative estimate of drug-likeness (QED) is 0.546. The summed E-state index contributed by atoms with van der Waals surface area (Å²) in [6.45, 7) is 10.1. The summed E-state index contributed by atoms with van der Waals surface area (Å²) in [5.74, 6) is 4.58. The summed E-state index contributed by atoms with van der Waals surface area (Å²) >= 11 is 0. The Balaban J connectivity index is 1.51. The van der Waals surface area contributed by atoms with E-state index in [0.29, 0.717) is 23.2 Å². The van der Waals surface area contributed by atoms with E-state index in [-0.39, 0.29) is 5.92 Å². The first-order valence-electron chi connectivity index (χ1n) is 13.5. The summed E-state index contributed by atoms with van der Waals surface area (Å²) < 4.78 is 0. The number of aromatic nitrogens is 2. The molecule has 2 heterocycles. The molecule has 0 radical (unpaired) electrons. The highest BCUT2D eigenvalue weighted by Crippen LogP contribution is 2.48. The lowest BCUT2D eigenvalue weighted by Gasteiger charge is -2.47. The van der Waals surface area contributed by atoms with Gasteiger partial charge in [-0.05, 0) is 79.4 Å². The van der Waals surface area contributed by atoms with Gasteiger partial charge in [-0.2, -0.15) is 5.26 Å². The van der Waals surface area contributed by atoms with Gasteiger partial charge in [-0.25, -0.2) is 9.97 Å². The van der Waals surface area contributed by atoms with Crippen molar-refractivity contribution >= 4 is 11.5 Å². The van der Waals surface area contributed by atoms with Crippen LogP contribution in [-0.2, 0) is 19.3 Å². The van der Waals surface area contributed by atoms with Gasteiger partial charge in [0.25, 0.3) is 0 Å². The SMILES string of the molecule is CCc1nc2c(c(N3CC4CC(CC)CC43)n1)CCC(c1c([C@@H](C)CC)ccc(N)c1C#N)C2. The fourth-order valence-corrected chi connectivity index (χ4v) is 6.78. The van der Waals surface area contributed by atoms with E-state index in [0.717, 1.165) is 56.3 Å². The fourth-order valence-electron chi connectivity index (χ4n) is 6.78. The molecule has 1 aliphatic heterocycles. The first kappa shape index (κ1) is 23.1. The highest BCUT2D eigenvalue weighted by Gasteiger charge is 2.47. The van der Waals surface area contributed by atoms with E-state index in [4.69, 9.17) is 15.7 Å². The molecule has 5 atom stereocenters. The Morgan fingerprint density at radius 3 is 2.74 bits per heavy atom. The standard InChI is InChI=1S/C29H39N5/c1-5-17(4)21-10-11-24(31)23(15-30)28(21)19-8-9-22-25(14-19)32-27(7-3)33-29(22)34-16-20-12-18(6-2)13-26(20)34/h10-11,17-20,26H,5-9,12-14,16,31H2,1-4H3/t17-,18?,19?,20?,26?/m0/s1. The second-order valence-electron chi connectivity index (χ2n) is 10.9. The molecule has 3 aliphatic rings. The van der Waals surface area contributed by atoms with Crippen molar-refractivity contribution in [1.82, 2.24) is 9.97 Å². The average molecular weight is 458 g/mol. The summed E-state index contributed by atoms with van der Waals surface area (Å²) in [5.41, 5.74) is 12.6. The zero-order valence-corrected chi connectivity index (χ0v) is 21.3.